The molecule has 0 aliphatic heterocycles. The van der Waals surface area contributed by atoms with Crippen LogP contribution in [0.25, 0.3) is 0 Å². The second-order valence-corrected chi connectivity index (χ2v) is 5.51. The Balaban J connectivity index is 2.04. The van der Waals surface area contributed by atoms with Crippen molar-refractivity contribution >= 4 is 23.6 Å². The molecule has 0 saturated heterocycles. The van der Waals surface area contributed by atoms with E-state index in [-0.39, 0.29) is 0 Å². The predicted octanol–water partition coefficient (Wildman–Crippen LogP) is 4.45. The summed E-state index contributed by atoms with van der Waals surface area (Å²) in [4.78, 5) is 6.17. The Labute approximate surface area is 130 Å². The van der Waals surface area contributed by atoms with Crippen molar-refractivity contribution in [3.05, 3.63) is 58.6 Å². The van der Waals surface area contributed by atoms with Crippen molar-refractivity contribution < 1.29 is 4.74 Å². The zero-order chi connectivity index (χ0) is 15.2. The molecule has 0 fully saturated rings. The molecule has 0 radical (unpaired) electrons. The lowest BCUT2D eigenvalue weighted by atomic mass is 10.1. The van der Waals surface area contributed by atoms with Crippen LogP contribution in [0.5, 0.6) is 5.75 Å². The Morgan fingerprint density at radius 1 is 1.19 bits per heavy atom. The van der Waals surface area contributed by atoms with Crippen molar-refractivity contribution in [1.82, 2.24) is 4.90 Å². The average Bonchev–Trinajstić information content (AvgIpc) is 2.44. The van der Waals surface area contributed by atoms with Crippen LogP contribution >= 0.6 is 11.6 Å². The van der Waals surface area contributed by atoms with Crippen LogP contribution in [0.4, 0.5) is 5.69 Å². The van der Waals surface area contributed by atoms with Gasteiger partial charge in [-0.3, -0.25) is 0 Å². The monoisotopic (exact) mass is 302 g/mol. The fourth-order valence-electron chi connectivity index (χ4n) is 1.83. The first-order valence-electron chi connectivity index (χ1n) is 6.73. The lowest BCUT2D eigenvalue weighted by Crippen LogP contribution is -2.06. The van der Waals surface area contributed by atoms with E-state index < -0.39 is 0 Å². The number of rotatable bonds is 5. The molecular weight excluding hydrogens is 284 g/mol. The molecule has 0 spiro atoms. The minimum absolute atomic E-state index is 0.502. The predicted molar refractivity (Wildman–Crippen MR) is 88.8 cm³/mol. The molecule has 2 aromatic carbocycles. The highest BCUT2D eigenvalue weighted by atomic mass is 35.5. The zero-order valence-electron chi connectivity index (χ0n) is 12.5. The average molecular weight is 303 g/mol. The van der Waals surface area contributed by atoms with Gasteiger partial charge in [-0.25, -0.2) is 4.99 Å². The Hall–Kier alpha value is -2.00. The number of hydrogen-bond acceptors (Lipinski definition) is 2. The minimum atomic E-state index is 0.502. The summed E-state index contributed by atoms with van der Waals surface area (Å²) in [5, 5.41) is 0.566. The van der Waals surface area contributed by atoms with Gasteiger partial charge < -0.3 is 9.64 Å². The number of aliphatic imine (C=N–C) groups is 1. The first-order chi connectivity index (χ1) is 10.0. The molecule has 0 atom stereocenters. The van der Waals surface area contributed by atoms with Crippen molar-refractivity contribution in [2.45, 2.75) is 13.5 Å². The molecule has 3 nitrogen and oxygen atoms in total. The van der Waals surface area contributed by atoms with E-state index in [0.717, 1.165) is 11.3 Å². The highest BCUT2D eigenvalue weighted by Crippen LogP contribution is 2.29. The van der Waals surface area contributed by atoms with Gasteiger partial charge in [-0.2, -0.15) is 0 Å². The molecule has 0 unspecified atom stereocenters. The summed E-state index contributed by atoms with van der Waals surface area (Å²) >= 11 is 6.23. The van der Waals surface area contributed by atoms with Gasteiger partial charge in [-0.1, -0.05) is 41.4 Å². The molecule has 2 rings (SSSR count). The van der Waals surface area contributed by atoms with E-state index in [1.165, 1.54) is 5.56 Å². The number of aryl methyl sites for hydroxylation is 1. The first-order valence-corrected chi connectivity index (χ1v) is 7.11. The van der Waals surface area contributed by atoms with Gasteiger partial charge >= 0.3 is 0 Å². The van der Waals surface area contributed by atoms with Gasteiger partial charge in [0.1, 0.15) is 12.4 Å². The van der Waals surface area contributed by atoms with E-state index in [1.54, 1.807) is 12.4 Å². The Kier molecular flexibility index (Phi) is 5.23. The van der Waals surface area contributed by atoms with E-state index in [9.17, 15) is 0 Å². The maximum absolute atomic E-state index is 6.23. The third-order valence-corrected chi connectivity index (χ3v) is 3.13. The first kappa shape index (κ1) is 15.4. The van der Waals surface area contributed by atoms with Gasteiger partial charge in [-0.05, 0) is 30.7 Å². The van der Waals surface area contributed by atoms with Crippen LogP contribution < -0.4 is 4.74 Å². The van der Waals surface area contributed by atoms with Crippen LogP contribution in [-0.4, -0.2) is 25.3 Å². The summed E-state index contributed by atoms with van der Waals surface area (Å²) < 4.78 is 5.76. The highest BCUT2D eigenvalue weighted by molar-refractivity contribution is 6.32. The zero-order valence-corrected chi connectivity index (χ0v) is 13.3. The molecule has 0 bridgehead atoms. The maximum atomic E-state index is 6.23. The van der Waals surface area contributed by atoms with Gasteiger partial charge in [-0.15, -0.1) is 0 Å². The summed E-state index contributed by atoms with van der Waals surface area (Å²) in [6.45, 7) is 2.57. The number of benzene rings is 2. The number of ether oxygens (including phenoxy) is 1. The molecule has 0 aromatic heterocycles. The van der Waals surface area contributed by atoms with E-state index in [1.807, 2.05) is 43.3 Å². The SMILES string of the molecule is Cc1cccc(COc2ccc(N=CN(C)C)cc2Cl)c1. The van der Waals surface area contributed by atoms with E-state index >= 15 is 0 Å². The van der Waals surface area contributed by atoms with Crippen molar-refractivity contribution in [1.29, 1.82) is 0 Å². The van der Waals surface area contributed by atoms with Crippen LogP contribution in [0.1, 0.15) is 11.1 Å². The van der Waals surface area contributed by atoms with E-state index in [2.05, 4.69) is 24.0 Å². The molecule has 0 aliphatic carbocycles. The van der Waals surface area contributed by atoms with Gasteiger partial charge in [0.15, 0.2) is 0 Å². The van der Waals surface area contributed by atoms with Crippen LogP contribution in [0.15, 0.2) is 47.5 Å². The molecule has 0 aliphatic rings. The third kappa shape index (κ3) is 4.80. The molecule has 0 saturated carbocycles. The lowest BCUT2D eigenvalue weighted by molar-refractivity contribution is 0.306. The standard InChI is InChI=1S/C17H19ClN2O/c1-13-5-4-6-14(9-13)11-21-17-8-7-15(10-16(17)18)19-12-20(2)3/h4-10,12H,11H2,1-3H3. The number of nitrogens with zero attached hydrogens (tertiary/aromatic N) is 2. The summed E-state index contributed by atoms with van der Waals surface area (Å²) in [7, 11) is 3.84. The van der Waals surface area contributed by atoms with Crippen LogP contribution in [0.2, 0.25) is 5.02 Å². The normalized spacial score (nSPS) is 10.9. The van der Waals surface area contributed by atoms with Crippen molar-refractivity contribution in [2.24, 2.45) is 4.99 Å². The molecule has 0 heterocycles. The maximum Gasteiger partial charge on any atom is 0.138 e. The molecule has 0 N–H and O–H groups in total. The van der Waals surface area contributed by atoms with Gasteiger partial charge in [0.2, 0.25) is 0 Å². The lowest BCUT2D eigenvalue weighted by Gasteiger charge is -2.09. The van der Waals surface area contributed by atoms with E-state index in [0.29, 0.717) is 17.4 Å². The molecule has 110 valence electrons. The minimum Gasteiger partial charge on any atom is -0.487 e. The summed E-state index contributed by atoms with van der Waals surface area (Å²) in [5.74, 6) is 0.668. The van der Waals surface area contributed by atoms with Gasteiger partial charge in [0.25, 0.3) is 0 Å². The van der Waals surface area contributed by atoms with Gasteiger partial charge in [0, 0.05) is 14.1 Å². The second-order valence-electron chi connectivity index (χ2n) is 5.10. The molecule has 4 heteroatoms. The molecule has 0 amide bonds. The Bertz CT molecular complexity index is 638. The summed E-state index contributed by atoms with van der Waals surface area (Å²) in [6, 6.07) is 13.8. The largest absolute Gasteiger partial charge is 0.487 e. The molecular formula is C17H19ClN2O. The van der Waals surface area contributed by atoms with Crippen molar-refractivity contribution in [3.8, 4) is 5.75 Å². The quantitative estimate of drug-likeness (QED) is 0.602. The molecule has 2 aromatic rings. The number of hydrogen-bond donors (Lipinski definition) is 0. The summed E-state index contributed by atoms with van der Waals surface area (Å²) in [6.07, 6.45) is 1.74. The smallest absolute Gasteiger partial charge is 0.138 e. The van der Waals surface area contributed by atoms with Gasteiger partial charge in [0.05, 0.1) is 17.0 Å². The Morgan fingerprint density at radius 3 is 2.67 bits per heavy atom. The third-order valence-electron chi connectivity index (χ3n) is 2.83. The fraction of sp³-hybridized carbons (Fsp3) is 0.235. The Morgan fingerprint density at radius 2 is 2.00 bits per heavy atom. The van der Waals surface area contributed by atoms with Crippen LogP contribution in [0.3, 0.4) is 0 Å². The summed E-state index contributed by atoms with van der Waals surface area (Å²) in [5.41, 5.74) is 3.15. The molecule has 21 heavy (non-hydrogen) atoms. The fourth-order valence-corrected chi connectivity index (χ4v) is 2.06. The van der Waals surface area contributed by atoms with Crippen LogP contribution in [0, 0.1) is 6.92 Å². The van der Waals surface area contributed by atoms with Crippen LogP contribution in [-0.2, 0) is 6.61 Å². The number of halogens is 1. The van der Waals surface area contributed by atoms with Crippen molar-refractivity contribution in [3.63, 3.8) is 0 Å². The highest BCUT2D eigenvalue weighted by Gasteiger charge is 2.03. The second kappa shape index (κ2) is 7.14. The van der Waals surface area contributed by atoms with Crippen molar-refractivity contribution in [2.75, 3.05) is 14.1 Å². The van der Waals surface area contributed by atoms with E-state index in [4.69, 9.17) is 16.3 Å². The topological polar surface area (TPSA) is 24.8 Å².